The third-order valence-electron chi connectivity index (χ3n) is 5.22. The van der Waals surface area contributed by atoms with Gasteiger partial charge in [0.05, 0.1) is 23.9 Å². The molecule has 1 N–H and O–H groups in total. The third kappa shape index (κ3) is 4.18. The second-order valence-corrected chi connectivity index (χ2v) is 8.54. The first kappa shape index (κ1) is 20.8. The van der Waals surface area contributed by atoms with Gasteiger partial charge in [-0.3, -0.25) is 14.4 Å². The highest BCUT2D eigenvalue weighted by molar-refractivity contribution is 7.86. The van der Waals surface area contributed by atoms with Gasteiger partial charge < -0.3 is 4.74 Å². The molecule has 0 radical (unpaired) electrons. The predicted molar refractivity (Wildman–Crippen MR) is 128 cm³/mol. The number of fused-ring (bicyclic) bond motifs is 1. The van der Waals surface area contributed by atoms with Crippen LogP contribution in [0.25, 0.3) is 33.2 Å². The Morgan fingerprint density at radius 1 is 1.00 bits per heavy atom. The fourth-order valence-corrected chi connectivity index (χ4v) is 4.48. The van der Waals surface area contributed by atoms with Crippen molar-refractivity contribution in [2.75, 3.05) is 11.8 Å². The van der Waals surface area contributed by atoms with Gasteiger partial charge in [0.2, 0.25) is 0 Å². The quantitative estimate of drug-likeness (QED) is 0.411. The van der Waals surface area contributed by atoms with Crippen LogP contribution in [0.15, 0.2) is 84.5 Å². The average Bonchev–Trinajstić information content (AvgIpc) is 3.29. The molecule has 5 rings (SSSR count). The van der Waals surface area contributed by atoms with E-state index in [2.05, 4.69) is 24.8 Å². The molecule has 0 saturated carbocycles. The molecule has 8 nitrogen and oxygen atoms in total. The maximum Gasteiger partial charge on any atom is 0.151 e. The van der Waals surface area contributed by atoms with Crippen LogP contribution in [0.1, 0.15) is 0 Å². The fourth-order valence-electron chi connectivity index (χ4n) is 3.63. The summed E-state index contributed by atoms with van der Waals surface area (Å²) in [5, 5.41) is 6.11. The highest BCUT2D eigenvalue weighted by Gasteiger charge is 2.14. The minimum Gasteiger partial charge on any atom is -0.496 e. The molecular weight excluding hydrogens is 436 g/mol. The second-order valence-electron chi connectivity index (χ2n) is 7.33. The molecule has 0 saturated heterocycles. The Morgan fingerprint density at radius 3 is 2.67 bits per heavy atom. The molecule has 1 atom stereocenters. The van der Waals surface area contributed by atoms with Gasteiger partial charge in [0.1, 0.15) is 17.9 Å². The van der Waals surface area contributed by atoms with E-state index in [0.29, 0.717) is 10.7 Å². The molecule has 3 heterocycles. The Labute approximate surface area is 192 Å². The first-order chi connectivity index (χ1) is 16.1. The third-order valence-corrected chi connectivity index (χ3v) is 6.30. The van der Waals surface area contributed by atoms with Gasteiger partial charge in [-0.25, -0.2) is 14.2 Å². The largest absolute Gasteiger partial charge is 0.496 e. The molecule has 3 aromatic heterocycles. The number of aryl methyl sites for hydroxylation is 1. The molecule has 0 fully saturated rings. The lowest BCUT2D eigenvalue weighted by atomic mass is 10.00. The number of methoxy groups -OCH3 is 1. The highest BCUT2D eigenvalue weighted by Crippen LogP contribution is 2.36. The Morgan fingerprint density at radius 2 is 1.91 bits per heavy atom. The smallest absolute Gasteiger partial charge is 0.151 e. The molecule has 0 aliphatic heterocycles. The Bertz CT molecular complexity index is 1470. The number of ether oxygens (including phenoxy) is 1. The minimum atomic E-state index is -1.46. The van der Waals surface area contributed by atoms with Crippen molar-refractivity contribution in [3.05, 3.63) is 79.6 Å². The number of hydrogen-bond acceptors (Lipinski definition) is 6. The Hall–Kier alpha value is -4.11. The van der Waals surface area contributed by atoms with Crippen molar-refractivity contribution in [3.63, 3.8) is 0 Å². The van der Waals surface area contributed by atoms with Gasteiger partial charge in [-0.15, -0.1) is 0 Å². The number of aromatic nitrogens is 5. The molecule has 5 aromatic rings. The first-order valence-electron chi connectivity index (χ1n) is 10.1. The lowest BCUT2D eigenvalue weighted by molar-refractivity contribution is 0.416. The summed E-state index contributed by atoms with van der Waals surface area (Å²) < 4.78 is 23.1. The van der Waals surface area contributed by atoms with Gasteiger partial charge in [-0.2, -0.15) is 5.10 Å². The SMILES string of the molecule is COc1cc(-c2cnn(C)c2)ccc1-c1nccc2cc(S(=O)Nc3ccncn3)ccc12. The van der Waals surface area contributed by atoms with Crippen LogP contribution in [0.5, 0.6) is 5.75 Å². The van der Waals surface area contributed by atoms with E-state index in [9.17, 15) is 4.21 Å². The van der Waals surface area contributed by atoms with Crippen LogP contribution in [0, 0.1) is 0 Å². The van der Waals surface area contributed by atoms with Crippen LogP contribution < -0.4 is 9.46 Å². The van der Waals surface area contributed by atoms with Gasteiger partial charge in [0.25, 0.3) is 0 Å². The topological polar surface area (TPSA) is 94.8 Å². The summed E-state index contributed by atoms with van der Waals surface area (Å²) in [6, 6.07) is 15.2. The summed E-state index contributed by atoms with van der Waals surface area (Å²) >= 11 is 0. The van der Waals surface area contributed by atoms with E-state index >= 15 is 0 Å². The number of pyridine rings is 1. The maximum atomic E-state index is 12.8. The summed E-state index contributed by atoms with van der Waals surface area (Å²) in [6.45, 7) is 0. The summed E-state index contributed by atoms with van der Waals surface area (Å²) in [5.41, 5.74) is 3.70. The molecule has 0 bridgehead atoms. The summed E-state index contributed by atoms with van der Waals surface area (Å²) in [7, 11) is 2.08. The molecule has 2 aromatic carbocycles. The van der Waals surface area contributed by atoms with Crippen LogP contribution in [-0.2, 0) is 18.0 Å². The number of anilines is 1. The molecule has 9 heteroatoms. The van der Waals surface area contributed by atoms with Crippen LogP contribution in [0.3, 0.4) is 0 Å². The summed E-state index contributed by atoms with van der Waals surface area (Å²) in [5.74, 6) is 1.21. The van der Waals surface area contributed by atoms with E-state index in [1.54, 1.807) is 30.3 Å². The van der Waals surface area contributed by atoms with Gasteiger partial charge in [-0.05, 0) is 47.3 Å². The van der Waals surface area contributed by atoms with Crippen molar-refractivity contribution in [2.24, 2.45) is 7.05 Å². The van der Waals surface area contributed by atoms with Crippen molar-refractivity contribution in [3.8, 4) is 28.1 Å². The Balaban J connectivity index is 1.52. The number of rotatable bonds is 6. The van der Waals surface area contributed by atoms with Gasteiger partial charge in [0.15, 0.2) is 11.0 Å². The van der Waals surface area contributed by atoms with Crippen molar-refractivity contribution >= 4 is 27.6 Å². The van der Waals surface area contributed by atoms with Crippen LogP contribution in [0.4, 0.5) is 5.82 Å². The average molecular weight is 457 g/mol. The molecule has 1 unspecified atom stereocenters. The molecule has 0 aliphatic carbocycles. The highest BCUT2D eigenvalue weighted by atomic mass is 32.2. The summed E-state index contributed by atoms with van der Waals surface area (Å²) in [4.78, 5) is 13.2. The molecule has 0 amide bonds. The van der Waals surface area contributed by atoms with E-state index in [0.717, 1.165) is 38.9 Å². The van der Waals surface area contributed by atoms with E-state index in [-0.39, 0.29) is 0 Å². The van der Waals surface area contributed by atoms with Gasteiger partial charge in [0, 0.05) is 42.2 Å². The van der Waals surface area contributed by atoms with Crippen LogP contribution >= 0.6 is 0 Å². The zero-order valence-corrected chi connectivity index (χ0v) is 18.8. The molecule has 0 spiro atoms. The monoisotopic (exact) mass is 456 g/mol. The molecule has 164 valence electrons. The number of nitrogens with zero attached hydrogens (tertiary/aromatic N) is 5. The number of hydrogen-bond donors (Lipinski definition) is 1. The molecular formula is C24H20N6O2S. The lowest BCUT2D eigenvalue weighted by Crippen LogP contribution is -2.06. The normalized spacial score (nSPS) is 11.9. The van der Waals surface area contributed by atoms with Crippen LogP contribution in [0.2, 0.25) is 0 Å². The van der Waals surface area contributed by atoms with Crippen molar-refractivity contribution < 1.29 is 8.95 Å². The van der Waals surface area contributed by atoms with E-state index in [4.69, 9.17) is 4.74 Å². The predicted octanol–water partition coefficient (Wildman–Crippen LogP) is 4.24. The van der Waals surface area contributed by atoms with Crippen LogP contribution in [-0.4, -0.2) is 36.1 Å². The van der Waals surface area contributed by atoms with Gasteiger partial charge >= 0.3 is 0 Å². The van der Waals surface area contributed by atoms with E-state index in [1.807, 2.05) is 61.9 Å². The lowest BCUT2D eigenvalue weighted by Gasteiger charge is -2.13. The van der Waals surface area contributed by atoms with Gasteiger partial charge in [-0.1, -0.05) is 12.1 Å². The zero-order chi connectivity index (χ0) is 22.8. The minimum absolute atomic E-state index is 0.497. The zero-order valence-electron chi connectivity index (χ0n) is 18.0. The second kappa shape index (κ2) is 8.79. The number of nitrogens with one attached hydrogen (secondary N) is 1. The standard InChI is InChI=1S/C24H20N6O2S/c1-30-14-18(13-28-30)16-3-5-21(22(12-16)32-2)24-20-6-4-19(11-17(20)7-10-26-24)33(31)29-23-8-9-25-15-27-23/h3-15H,1-2H3,(H,25,27,29). The fraction of sp³-hybridized carbons (Fsp3) is 0.0833. The maximum absolute atomic E-state index is 12.8. The van der Waals surface area contributed by atoms with Crippen molar-refractivity contribution in [1.82, 2.24) is 24.7 Å². The Kier molecular flexibility index (Phi) is 5.54. The van der Waals surface area contributed by atoms with E-state index in [1.165, 1.54) is 6.33 Å². The first-order valence-corrected chi connectivity index (χ1v) is 11.3. The van der Waals surface area contributed by atoms with E-state index < -0.39 is 11.0 Å². The van der Waals surface area contributed by atoms with Crippen molar-refractivity contribution in [1.29, 1.82) is 0 Å². The number of benzene rings is 2. The molecule has 33 heavy (non-hydrogen) atoms. The van der Waals surface area contributed by atoms with Crippen molar-refractivity contribution in [2.45, 2.75) is 4.90 Å². The molecule has 0 aliphatic rings. The summed E-state index contributed by atoms with van der Waals surface area (Å²) in [6.07, 6.45) is 8.53.